The van der Waals surface area contributed by atoms with Gasteiger partial charge in [-0.1, -0.05) is 48.0 Å². The molecule has 7 nitrogen and oxygen atoms in total. The van der Waals surface area contributed by atoms with Crippen molar-refractivity contribution in [1.29, 1.82) is 0 Å². The van der Waals surface area contributed by atoms with E-state index >= 15 is 0 Å². The van der Waals surface area contributed by atoms with Crippen LogP contribution in [0.1, 0.15) is 35.3 Å². The Labute approximate surface area is 172 Å². The van der Waals surface area contributed by atoms with Crippen molar-refractivity contribution in [3.05, 3.63) is 70.9 Å². The first kappa shape index (κ1) is 20.4. The third-order valence-corrected chi connectivity index (χ3v) is 4.84. The lowest BCUT2D eigenvalue weighted by atomic mass is 10.0. The second-order valence-corrected chi connectivity index (χ2v) is 6.94. The minimum atomic E-state index is -0.998. The summed E-state index contributed by atoms with van der Waals surface area (Å²) in [5, 5.41) is 3.62. The van der Waals surface area contributed by atoms with Gasteiger partial charge in [0.1, 0.15) is 0 Å². The van der Waals surface area contributed by atoms with Gasteiger partial charge in [-0.15, -0.1) is 0 Å². The van der Waals surface area contributed by atoms with Crippen LogP contribution < -0.4 is 11.1 Å². The highest BCUT2D eigenvalue weighted by Crippen LogP contribution is 2.26. The zero-order chi connectivity index (χ0) is 21.0. The Balaban J connectivity index is 1.71. The van der Waals surface area contributed by atoms with E-state index in [-0.39, 0.29) is 12.2 Å². The maximum Gasteiger partial charge on any atom is 0.312 e. The molecule has 3 aromatic rings. The zero-order valence-electron chi connectivity index (χ0n) is 15.6. The molecule has 0 aliphatic carbocycles. The van der Waals surface area contributed by atoms with Gasteiger partial charge in [0.15, 0.2) is 6.10 Å². The fraction of sp³-hybridized carbons (Fsp3) is 0.190. The summed E-state index contributed by atoms with van der Waals surface area (Å²) in [6.07, 6.45) is 0.374. The zero-order valence-corrected chi connectivity index (χ0v) is 16.4. The molecule has 150 valence electrons. The number of aromatic nitrogens is 1. The van der Waals surface area contributed by atoms with E-state index in [2.05, 4.69) is 10.3 Å². The number of rotatable bonds is 7. The number of ketones is 1. The normalized spacial score (nSPS) is 12.9. The highest BCUT2D eigenvalue weighted by Gasteiger charge is 2.25. The number of nitrogens with two attached hydrogens (primary N) is 1. The number of ether oxygens (including phenoxy) is 1. The molecule has 0 fully saturated rings. The predicted molar refractivity (Wildman–Crippen MR) is 110 cm³/mol. The van der Waals surface area contributed by atoms with Crippen LogP contribution in [-0.4, -0.2) is 28.9 Å². The van der Waals surface area contributed by atoms with E-state index in [1.807, 2.05) is 24.3 Å². The lowest BCUT2D eigenvalue weighted by Gasteiger charge is -2.19. The van der Waals surface area contributed by atoms with Crippen molar-refractivity contribution in [2.75, 3.05) is 0 Å². The number of primary amides is 1. The van der Waals surface area contributed by atoms with Gasteiger partial charge in [0, 0.05) is 27.7 Å². The van der Waals surface area contributed by atoms with E-state index in [1.165, 1.54) is 6.92 Å². The Morgan fingerprint density at radius 3 is 2.55 bits per heavy atom. The smallest absolute Gasteiger partial charge is 0.312 e. The maximum absolute atomic E-state index is 12.7. The van der Waals surface area contributed by atoms with Gasteiger partial charge in [-0.2, -0.15) is 0 Å². The fourth-order valence-corrected chi connectivity index (χ4v) is 3.40. The Bertz CT molecular complexity index is 1060. The average Bonchev–Trinajstić information content (AvgIpc) is 3.11. The van der Waals surface area contributed by atoms with E-state index in [0.29, 0.717) is 16.1 Å². The highest BCUT2D eigenvalue weighted by atomic mass is 35.5. The average molecular weight is 414 g/mol. The number of H-pyrrole nitrogens is 1. The molecule has 2 atom stereocenters. The number of aromatic amines is 1. The van der Waals surface area contributed by atoms with Gasteiger partial charge in [-0.3, -0.25) is 9.59 Å². The Morgan fingerprint density at radius 2 is 1.83 bits per heavy atom. The number of hydrogen-bond acceptors (Lipinski definition) is 4. The van der Waals surface area contributed by atoms with Crippen molar-refractivity contribution in [2.45, 2.75) is 25.5 Å². The lowest BCUT2D eigenvalue weighted by Crippen LogP contribution is -2.35. The van der Waals surface area contributed by atoms with Gasteiger partial charge in [-0.05, 0) is 24.6 Å². The largest absolute Gasteiger partial charge is 0.454 e. The molecule has 0 spiro atoms. The van der Waals surface area contributed by atoms with Gasteiger partial charge in [0.25, 0.3) is 0 Å². The Hall–Kier alpha value is -3.32. The molecule has 0 aliphatic rings. The summed E-state index contributed by atoms with van der Waals surface area (Å²) in [4.78, 5) is 39.6. The Morgan fingerprint density at radius 1 is 1.14 bits per heavy atom. The third-order valence-electron chi connectivity index (χ3n) is 4.50. The molecule has 2 aromatic carbocycles. The van der Waals surface area contributed by atoms with E-state index in [0.717, 1.165) is 10.9 Å². The first-order valence-corrected chi connectivity index (χ1v) is 9.35. The van der Waals surface area contributed by atoms with Crippen LogP contribution in [0, 0.1) is 0 Å². The molecule has 8 heteroatoms. The number of Topliss-reactive ketones (excluding diaryl/α,β-unsaturated/α-hetero) is 1. The third kappa shape index (κ3) is 4.75. The molecular weight excluding hydrogens is 394 g/mol. The molecule has 3 rings (SSSR count). The second-order valence-electron chi connectivity index (χ2n) is 6.53. The summed E-state index contributed by atoms with van der Waals surface area (Å²) in [5.41, 5.74) is 7.01. The first-order chi connectivity index (χ1) is 13.9. The number of benzene rings is 2. The van der Waals surface area contributed by atoms with E-state index in [9.17, 15) is 14.4 Å². The number of halogens is 1. The molecule has 0 radical (unpaired) electrons. The quantitative estimate of drug-likeness (QED) is 0.404. The molecule has 4 N–H and O–H groups in total. The van der Waals surface area contributed by atoms with Crippen LogP contribution in [-0.2, 0) is 9.53 Å². The molecule has 0 saturated heterocycles. The number of hydrogen-bond donors (Lipinski definition) is 3. The van der Waals surface area contributed by atoms with Crippen molar-refractivity contribution in [3.63, 3.8) is 0 Å². The van der Waals surface area contributed by atoms with Crippen LogP contribution in [0.4, 0.5) is 4.79 Å². The summed E-state index contributed by atoms with van der Waals surface area (Å²) in [6.45, 7) is 1.51. The SMILES string of the molecule is C[C@H](OC(=O)C[C@H](NC(N)=O)c1ccccc1Cl)C(=O)c1c[nH]c2ccccc12. The number of carbonyl (C=O) groups is 3. The number of nitrogens with one attached hydrogen (secondary N) is 2. The standard InChI is InChI=1S/C21H20ClN3O4/c1-12(20(27)15-11-24-17-9-5-3-6-13(15)17)29-19(26)10-18(25-21(23)28)14-7-2-4-8-16(14)22/h2-9,11-12,18,24H,10H2,1H3,(H3,23,25,28)/t12-,18-/m0/s1. The first-order valence-electron chi connectivity index (χ1n) is 8.97. The lowest BCUT2D eigenvalue weighted by molar-refractivity contribution is -0.146. The number of esters is 1. The number of urea groups is 1. The molecule has 0 unspecified atom stereocenters. The second kappa shape index (κ2) is 8.79. The molecule has 0 aliphatic heterocycles. The van der Waals surface area contributed by atoms with Crippen molar-refractivity contribution in [3.8, 4) is 0 Å². The van der Waals surface area contributed by atoms with E-state index < -0.39 is 24.1 Å². The number of para-hydroxylation sites is 1. The molecule has 29 heavy (non-hydrogen) atoms. The number of amides is 2. The topological polar surface area (TPSA) is 114 Å². The minimum absolute atomic E-state index is 0.224. The van der Waals surface area contributed by atoms with E-state index in [4.69, 9.17) is 22.1 Å². The van der Waals surface area contributed by atoms with Crippen LogP contribution in [0.2, 0.25) is 5.02 Å². The van der Waals surface area contributed by atoms with E-state index in [1.54, 1.807) is 30.5 Å². The van der Waals surface area contributed by atoms with Crippen LogP contribution in [0.3, 0.4) is 0 Å². The minimum Gasteiger partial charge on any atom is -0.454 e. The molecule has 1 heterocycles. The molecule has 0 saturated carbocycles. The highest BCUT2D eigenvalue weighted by molar-refractivity contribution is 6.31. The summed E-state index contributed by atoms with van der Waals surface area (Å²) >= 11 is 6.16. The summed E-state index contributed by atoms with van der Waals surface area (Å²) < 4.78 is 5.32. The summed E-state index contributed by atoms with van der Waals surface area (Å²) in [5.74, 6) is -0.989. The van der Waals surface area contributed by atoms with Gasteiger partial charge in [0.2, 0.25) is 5.78 Å². The van der Waals surface area contributed by atoms with Crippen LogP contribution in [0.15, 0.2) is 54.7 Å². The maximum atomic E-state index is 12.7. The molecular formula is C21H20ClN3O4. The summed E-state index contributed by atoms with van der Waals surface area (Å²) in [7, 11) is 0. The molecule has 2 amide bonds. The molecule has 0 bridgehead atoms. The fourth-order valence-electron chi connectivity index (χ4n) is 3.13. The van der Waals surface area contributed by atoms with Gasteiger partial charge in [-0.25, -0.2) is 4.79 Å². The summed E-state index contributed by atoms with van der Waals surface area (Å²) in [6, 6.07) is 12.6. The van der Waals surface area contributed by atoms with Crippen molar-refractivity contribution in [2.24, 2.45) is 5.73 Å². The Kier molecular flexibility index (Phi) is 6.19. The van der Waals surface area contributed by atoms with Gasteiger partial charge < -0.3 is 20.8 Å². The molecule has 1 aromatic heterocycles. The van der Waals surface area contributed by atoms with Gasteiger partial charge >= 0.3 is 12.0 Å². The monoisotopic (exact) mass is 413 g/mol. The van der Waals surface area contributed by atoms with Gasteiger partial charge in [0.05, 0.1) is 12.5 Å². The number of fused-ring (bicyclic) bond motifs is 1. The van der Waals surface area contributed by atoms with Crippen molar-refractivity contribution < 1.29 is 19.1 Å². The van der Waals surface area contributed by atoms with Crippen LogP contribution in [0.25, 0.3) is 10.9 Å². The predicted octanol–water partition coefficient (Wildman–Crippen LogP) is 3.74. The van der Waals surface area contributed by atoms with Crippen LogP contribution in [0.5, 0.6) is 0 Å². The van der Waals surface area contributed by atoms with Crippen molar-refractivity contribution >= 4 is 40.3 Å². The number of carbonyl (C=O) groups excluding carboxylic acids is 3. The van der Waals surface area contributed by atoms with Crippen LogP contribution >= 0.6 is 11.6 Å². The van der Waals surface area contributed by atoms with Crippen molar-refractivity contribution in [1.82, 2.24) is 10.3 Å².